The van der Waals surface area contributed by atoms with E-state index < -0.39 is 6.04 Å². The molecule has 2 atom stereocenters. The summed E-state index contributed by atoms with van der Waals surface area (Å²) in [4.78, 5) is 33.4. The summed E-state index contributed by atoms with van der Waals surface area (Å²) in [6.07, 6.45) is -0.0184. The Kier molecular flexibility index (Phi) is 5.60. The van der Waals surface area contributed by atoms with Crippen molar-refractivity contribution in [2.75, 3.05) is 5.32 Å². The predicted molar refractivity (Wildman–Crippen MR) is 129 cm³/mol. The fourth-order valence-electron chi connectivity index (χ4n) is 4.43. The number of anilines is 1. The van der Waals surface area contributed by atoms with E-state index in [2.05, 4.69) is 5.32 Å². The summed E-state index contributed by atoms with van der Waals surface area (Å²) in [7, 11) is 0. The molecule has 0 radical (unpaired) electrons. The van der Waals surface area contributed by atoms with Crippen LogP contribution < -0.4 is 5.32 Å². The fraction of sp³-hybridized carbons (Fsp3) is 0.192. The van der Waals surface area contributed by atoms with Crippen LogP contribution in [-0.2, 0) is 16.1 Å². The van der Waals surface area contributed by atoms with E-state index in [0.717, 1.165) is 22.4 Å². The Hall–Kier alpha value is -3.64. The first-order valence-corrected chi connectivity index (χ1v) is 11.3. The summed E-state index contributed by atoms with van der Waals surface area (Å²) in [6.45, 7) is 2.44. The van der Waals surface area contributed by atoms with Crippen LogP contribution in [0.15, 0.2) is 78.9 Å². The van der Waals surface area contributed by atoms with Crippen molar-refractivity contribution >= 4 is 40.1 Å². The predicted octanol–water partition coefficient (Wildman–Crippen LogP) is 5.36. The lowest BCUT2D eigenvalue weighted by Gasteiger charge is -2.38. The van der Waals surface area contributed by atoms with Crippen molar-refractivity contribution in [2.45, 2.75) is 32.0 Å². The Bertz CT molecular complexity index is 1330. The normalized spacial score (nSPS) is 17.8. The topological polar surface area (TPSA) is 67.2 Å². The maximum absolute atomic E-state index is 13.8. The molecule has 1 aromatic heterocycles. The van der Waals surface area contributed by atoms with Gasteiger partial charge in [-0.15, -0.1) is 0 Å². The van der Waals surface area contributed by atoms with Gasteiger partial charge >= 0.3 is 0 Å². The molecule has 0 saturated carbocycles. The second kappa shape index (κ2) is 8.71. The maximum Gasteiger partial charge on any atom is 0.247 e. The molecule has 2 heterocycles. The highest BCUT2D eigenvalue weighted by molar-refractivity contribution is 6.33. The molecule has 1 aliphatic rings. The van der Waals surface area contributed by atoms with Crippen LogP contribution in [0, 0.1) is 0 Å². The molecule has 0 bridgehead atoms. The summed E-state index contributed by atoms with van der Waals surface area (Å²) < 4.78 is 1.93. The minimum absolute atomic E-state index is 0.0184. The van der Waals surface area contributed by atoms with Gasteiger partial charge in [-0.25, -0.2) is 4.98 Å². The zero-order valence-electron chi connectivity index (χ0n) is 18.1. The van der Waals surface area contributed by atoms with Gasteiger partial charge in [-0.3, -0.25) is 9.59 Å². The number of hydrogen-bond donors (Lipinski definition) is 1. The quantitative estimate of drug-likeness (QED) is 0.437. The van der Waals surface area contributed by atoms with Crippen molar-refractivity contribution < 1.29 is 9.59 Å². The molecule has 3 aromatic carbocycles. The molecular formula is C26H23ClN4O2. The summed E-state index contributed by atoms with van der Waals surface area (Å²) in [5.41, 5.74) is 3.21. The molecule has 0 aliphatic carbocycles. The highest BCUT2D eigenvalue weighted by Crippen LogP contribution is 2.37. The summed E-state index contributed by atoms with van der Waals surface area (Å²) in [6, 6.07) is 23.7. The molecule has 0 unspecified atom stereocenters. The van der Waals surface area contributed by atoms with Crippen molar-refractivity contribution in [3.8, 4) is 0 Å². The fourth-order valence-corrected chi connectivity index (χ4v) is 4.61. The van der Waals surface area contributed by atoms with Crippen molar-refractivity contribution in [3.05, 3.63) is 95.3 Å². The number of nitrogens with zero attached hydrogens (tertiary/aromatic N) is 3. The van der Waals surface area contributed by atoms with Crippen molar-refractivity contribution in [1.82, 2.24) is 14.5 Å². The van der Waals surface area contributed by atoms with E-state index in [1.54, 1.807) is 24.3 Å². The first-order valence-electron chi connectivity index (χ1n) is 10.9. The molecule has 7 heteroatoms. The second-order valence-corrected chi connectivity index (χ2v) is 8.61. The summed E-state index contributed by atoms with van der Waals surface area (Å²) >= 11 is 6.21. The van der Waals surface area contributed by atoms with Gasteiger partial charge in [0, 0.05) is 6.54 Å². The monoisotopic (exact) mass is 458 g/mol. The van der Waals surface area contributed by atoms with E-state index in [9.17, 15) is 9.59 Å². The Morgan fingerprint density at radius 1 is 1.00 bits per heavy atom. The lowest BCUT2D eigenvalue weighted by Crippen LogP contribution is -2.45. The van der Waals surface area contributed by atoms with E-state index in [-0.39, 0.29) is 24.3 Å². The zero-order chi connectivity index (χ0) is 22.9. The van der Waals surface area contributed by atoms with Gasteiger partial charge in [-0.1, -0.05) is 66.2 Å². The molecule has 5 rings (SSSR count). The van der Waals surface area contributed by atoms with Crippen molar-refractivity contribution in [3.63, 3.8) is 0 Å². The van der Waals surface area contributed by atoms with E-state index >= 15 is 0 Å². The summed E-state index contributed by atoms with van der Waals surface area (Å²) in [5, 5.41) is 3.30. The standard InChI is InChI=1S/C26H23ClN4O2/c1-17-25-29-21-13-7-8-14-22(21)31(25)23(15-24(32)28-20-12-6-5-11-19(20)27)26(33)30(17)16-18-9-3-2-4-10-18/h2-14,17,23H,15-16H2,1H3,(H,28,32)/t17-,23+/m0/s1. The number of rotatable bonds is 5. The zero-order valence-corrected chi connectivity index (χ0v) is 18.9. The highest BCUT2D eigenvalue weighted by atomic mass is 35.5. The van der Waals surface area contributed by atoms with Crippen LogP contribution in [0.2, 0.25) is 5.02 Å². The number of nitrogens with one attached hydrogen (secondary N) is 1. The van der Waals surface area contributed by atoms with Crippen LogP contribution in [0.5, 0.6) is 0 Å². The largest absolute Gasteiger partial charge is 0.327 e. The van der Waals surface area contributed by atoms with Crippen molar-refractivity contribution in [1.29, 1.82) is 0 Å². The highest BCUT2D eigenvalue weighted by Gasteiger charge is 2.40. The minimum atomic E-state index is -0.699. The molecule has 4 aromatic rings. The van der Waals surface area contributed by atoms with Gasteiger partial charge < -0.3 is 14.8 Å². The van der Waals surface area contributed by atoms with E-state index in [0.29, 0.717) is 17.3 Å². The van der Waals surface area contributed by atoms with Crippen molar-refractivity contribution in [2.24, 2.45) is 0 Å². The Morgan fingerprint density at radius 2 is 1.70 bits per heavy atom. The number of imidazole rings is 1. The third-order valence-electron chi connectivity index (χ3n) is 6.07. The van der Waals surface area contributed by atoms with Gasteiger partial charge in [0.05, 0.1) is 34.2 Å². The van der Waals surface area contributed by atoms with Crippen LogP contribution in [0.4, 0.5) is 5.69 Å². The maximum atomic E-state index is 13.8. The smallest absolute Gasteiger partial charge is 0.247 e. The third-order valence-corrected chi connectivity index (χ3v) is 6.40. The molecule has 1 N–H and O–H groups in total. The number of carbonyl (C=O) groups excluding carboxylic acids is 2. The van der Waals surface area contributed by atoms with Gasteiger partial charge in [0.15, 0.2) is 0 Å². The molecule has 0 spiro atoms. The Labute approximate surface area is 196 Å². The van der Waals surface area contributed by atoms with Gasteiger partial charge in [0.1, 0.15) is 11.9 Å². The van der Waals surface area contributed by atoms with Crippen LogP contribution >= 0.6 is 11.6 Å². The molecule has 2 amide bonds. The molecule has 6 nitrogen and oxygen atoms in total. The van der Waals surface area contributed by atoms with Gasteiger partial charge in [-0.2, -0.15) is 0 Å². The molecule has 1 aliphatic heterocycles. The average molecular weight is 459 g/mol. The van der Waals surface area contributed by atoms with Crippen LogP contribution in [0.3, 0.4) is 0 Å². The molecule has 0 fully saturated rings. The number of fused-ring (bicyclic) bond motifs is 3. The number of hydrogen-bond acceptors (Lipinski definition) is 3. The molecule has 166 valence electrons. The van der Waals surface area contributed by atoms with Crippen LogP contribution in [0.1, 0.15) is 36.8 Å². The van der Waals surface area contributed by atoms with E-state index in [1.165, 1.54) is 0 Å². The molecular weight excluding hydrogens is 436 g/mol. The lowest BCUT2D eigenvalue weighted by molar-refractivity contribution is -0.142. The Morgan fingerprint density at radius 3 is 2.48 bits per heavy atom. The number of aromatic nitrogens is 2. The third kappa shape index (κ3) is 3.98. The SMILES string of the molecule is C[C@H]1c2nc3ccccc3n2[C@H](CC(=O)Nc2ccccc2Cl)C(=O)N1Cc1ccccc1. The Balaban J connectivity index is 1.52. The van der Waals surface area contributed by atoms with Gasteiger partial charge in [-0.05, 0) is 36.8 Å². The molecule has 33 heavy (non-hydrogen) atoms. The van der Waals surface area contributed by atoms with E-state index in [1.807, 2.05) is 71.0 Å². The summed E-state index contributed by atoms with van der Waals surface area (Å²) in [5.74, 6) is 0.401. The van der Waals surface area contributed by atoms with Crippen LogP contribution in [-0.4, -0.2) is 26.3 Å². The van der Waals surface area contributed by atoms with E-state index in [4.69, 9.17) is 16.6 Å². The van der Waals surface area contributed by atoms with Gasteiger partial charge in [0.2, 0.25) is 11.8 Å². The number of halogens is 1. The average Bonchev–Trinajstić information content (AvgIpc) is 3.21. The molecule has 0 saturated heterocycles. The number of amides is 2. The van der Waals surface area contributed by atoms with Gasteiger partial charge in [0.25, 0.3) is 0 Å². The number of benzene rings is 3. The lowest BCUT2D eigenvalue weighted by atomic mass is 10.0. The van der Waals surface area contributed by atoms with Crippen LogP contribution in [0.25, 0.3) is 11.0 Å². The number of para-hydroxylation sites is 3. The first kappa shape index (κ1) is 21.2. The number of carbonyl (C=O) groups is 2. The first-order chi connectivity index (χ1) is 16.0. The second-order valence-electron chi connectivity index (χ2n) is 8.20. The minimum Gasteiger partial charge on any atom is -0.327 e.